The Bertz CT molecular complexity index is 172. The first kappa shape index (κ1) is 9.56. The minimum absolute atomic E-state index is 0.00538. The Kier molecular flexibility index (Phi) is 2.39. The first-order valence-corrected chi connectivity index (χ1v) is 4.30. The Balaban J connectivity index is 2.85. The van der Waals surface area contributed by atoms with Crippen molar-refractivity contribution in [2.75, 3.05) is 0 Å². The van der Waals surface area contributed by atoms with Crippen LogP contribution in [-0.4, -0.2) is 15.2 Å². The van der Waals surface area contributed by atoms with E-state index in [9.17, 15) is 9.18 Å². The average molecular weight is 219 g/mol. The smallest absolute Gasteiger partial charge is 0.244 e. The molecule has 1 nitrogen and oxygen atoms in total. The van der Waals surface area contributed by atoms with Gasteiger partial charge in [-0.3, -0.25) is 4.79 Å². The first-order chi connectivity index (χ1) is 4.86. The topological polar surface area (TPSA) is 17.1 Å². The second-order valence-electron chi connectivity index (χ2n) is 2.59. The summed E-state index contributed by atoms with van der Waals surface area (Å²) >= 11 is 16.2. The second kappa shape index (κ2) is 2.75. The molecule has 0 aromatic carbocycles. The van der Waals surface area contributed by atoms with E-state index in [-0.39, 0.29) is 12.8 Å². The third-order valence-corrected chi connectivity index (χ3v) is 2.73. The number of hydrogen-bond donors (Lipinski definition) is 0. The van der Waals surface area contributed by atoms with Gasteiger partial charge in [-0.2, -0.15) is 0 Å². The first-order valence-electron chi connectivity index (χ1n) is 3.17. The number of hydrogen-bond acceptors (Lipinski definition) is 1. The van der Waals surface area contributed by atoms with Gasteiger partial charge in [0.15, 0.2) is 4.33 Å². The average Bonchev–Trinajstić information content (AvgIpc) is 1.82. The molecule has 0 N–H and O–H groups in total. The lowest BCUT2D eigenvalue weighted by molar-refractivity contribution is -0.128. The molecule has 1 atom stereocenters. The minimum atomic E-state index is -2.36. The maximum absolute atomic E-state index is 13.0. The van der Waals surface area contributed by atoms with Crippen molar-refractivity contribution in [3.63, 3.8) is 0 Å². The van der Waals surface area contributed by atoms with Gasteiger partial charge in [-0.25, -0.2) is 4.39 Å². The zero-order valence-electron chi connectivity index (χ0n) is 5.54. The second-order valence-corrected chi connectivity index (χ2v) is 4.67. The van der Waals surface area contributed by atoms with Gasteiger partial charge in [0.2, 0.25) is 10.9 Å². The van der Waals surface area contributed by atoms with Crippen LogP contribution in [0, 0.1) is 0 Å². The summed E-state index contributed by atoms with van der Waals surface area (Å²) in [7, 11) is 0. The van der Waals surface area contributed by atoms with E-state index in [2.05, 4.69) is 0 Å². The molecule has 5 heteroatoms. The van der Waals surface area contributed by atoms with Gasteiger partial charge in [-0.05, 0) is 12.8 Å². The van der Waals surface area contributed by atoms with Crippen LogP contribution in [0.25, 0.3) is 0 Å². The summed E-state index contributed by atoms with van der Waals surface area (Å²) in [6, 6.07) is 0. The van der Waals surface area contributed by atoms with Crippen LogP contribution in [0.15, 0.2) is 0 Å². The molecule has 1 aliphatic rings. The number of halogens is 4. The van der Waals surface area contributed by atoms with Gasteiger partial charge in [0.1, 0.15) is 0 Å². The number of Topliss-reactive ketones (excluding diaryl/α,β-unsaturated/α-hetero) is 1. The van der Waals surface area contributed by atoms with Crippen molar-refractivity contribution in [3.05, 3.63) is 0 Å². The van der Waals surface area contributed by atoms with Crippen molar-refractivity contribution in [2.24, 2.45) is 0 Å². The van der Waals surface area contributed by atoms with Gasteiger partial charge in [0.05, 0.1) is 0 Å². The predicted molar refractivity (Wildman–Crippen MR) is 43.0 cm³/mol. The van der Waals surface area contributed by atoms with Crippen molar-refractivity contribution in [1.29, 1.82) is 0 Å². The fraction of sp³-hybridized carbons (Fsp3) is 0.833. The summed E-state index contributed by atoms with van der Waals surface area (Å²) in [6.45, 7) is 0. The van der Waals surface area contributed by atoms with Gasteiger partial charge in [-0.1, -0.05) is 34.8 Å². The standard InChI is InChI=1S/C6H6Cl3FO/c7-5(8)2-1-3-6(9,10)4(5)11/h1-3H2. The Morgan fingerprint density at radius 3 is 2.18 bits per heavy atom. The molecule has 0 aliphatic heterocycles. The van der Waals surface area contributed by atoms with E-state index in [1.54, 1.807) is 0 Å². The van der Waals surface area contributed by atoms with Crippen LogP contribution in [-0.2, 0) is 4.79 Å². The Morgan fingerprint density at radius 1 is 1.27 bits per heavy atom. The summed E-state index contributed by atoms with van der Waals surface area (Å²) in [6.07, 6.45) is 0.695. The quantitative estimate of drug-likeness (QED) is 0.573. The summed E-state index contributed by atoms with van der Waals surface area (Å²) in [5.41, 5.74) is 0. The van der Waals surface area contributed by atoms with E-state index >= 15 is 0 Å². The van der Waals surface area contributed by atoms with E-state index in [1.807, 2.05) is 0 Å². The highest BCUT2D eigenvalue weighted by molar-refractivity contribution is 6.61. The molecule has 1 rings (SSSR count). The van der Waals surface area contributed by atoms with Crippen LogP contribution < -0.4 is 0 Å². The molecular formula is C6H6Cl3FO. The Morgan fingerprint density at radius 2 is 1.82 bits per heavy atom. The molecule has 0 aromatic heterocycles. The van der Waals surface area contributed by atoms with Crippen LogP contribution in [0.1, 0.15) is 19.3 Å². The van der Waals surface area contributed by atoms with Crippen LogP contribution in [0.3, 0.4) is 0 Å². The van der Waals surface area contributed by atoms with Gasteiger partial charge in [0, 0.05) is 6.42 Å². The normalized spacial score (nSPS) is 37.3. The fourth-order valence-electron chi connectivity index (χ4n) is 1.03. The lowest BCUT2D eigenvalue weighted by Crippen LogP contribution is -2.44. The third-order valence-electron chi connectivity index (χ3n) is 1.65. The van der Waals surface area contributed by atoms with Crippen molar-refractivity contribution < 1.29 is 9.18 Å². The monoisotopic (exact) mass is 218 g/mol. The van der Waals surface area contributed by atoms with Crippen LogP contribution in [0.5, 0.6) is 0 Å². The lowest BCUT2D eigenvalue weighted by atomic mass is 9.96. The third kappa shape index (κ3) is 1.79. The minimum Gasteiger partial charge on any atom is -0.291 e. The Labute approximate surface area is 78.8 Å². The van der Waals surface area contributed by atoms with E-state index in [1.165, 1.54) is 0 Å². The summed E-state index contributed by atoms with van der Waals surface area (Å²) < 4.78 is 11.4. The molecule has 11 heavy (non-hydrogen) atoms. The zero-order valence-corrected chi connectivity index (χ0v) is 7.81. The summed E-state index contributed by atoms with van der Waals surface area (Å²) in [4.78, 5) is 11.0. The van der Waals surface area contributed by atoms with Gasteiger partial charge in [-0.15, -0.1) is 0 Å². The number of ketones is 1. The maximum Gasteiger partial charge on any atom is 0.244 e. The van der Waals surface area contributed by atoms with Crippen LogP contribution in [0.4, 0.5) is 4.39 Å². The Hall–Kier alpha value is 0.470. The lowest BCUT2D eigenvalue weighted by Gasteiger charge is -2.30. The highest BCUT2D eigenvalue weighted by Crippen LogP contribution is 2.43. The van der Waals surface area contributed by atoms with Crippen molar-refractivity contribution >= 4 is 40.6 Å². The SMILES string of the molecule is O=C1C(F)(Cl)CCCC1(Cl)Cl. The molecule has 1 fully saturated rings. The molecule has 0 heterocycles. The van der Waals surface area contributed by atoms with Crippen LogP contribution >= 0.6 is 34.8 Å². The number of carbonyl (C=O) groups is 1. The zero-order chi connectivity index (χ0) is 8.70. The molecule has 1 unspecified atom stereocenters. The molecule has 0 aromatic rings. The van der Waals surface area contributed by atoms with E-state index in [0.717, 1.165) is 0 Å². The fourth-order valence-corrected chi connectivity index (χ4v) is 1.99. The number of alkyl halides is 4. The van der Waals surface area contributed by atoms with Crippen molar-refractivity contribution in [3.8, 4) is 0 Å². The predicted octanol–water partition coefficient (Wildman–Crippen LogP) is 2.82. The highest BCUT2D eigenvalue weighted by atomic mass is 35.5. The highest BCUT2D eigenvalue weighted by Gasteiger charge is 2.51. The molecule has 0 bridgehead atoms. The summed E-state index contributed by atoms with van der Waals surface area (Å²) in [5, 5.41) is -2.36. The molecule has 0 spiro atoms. The van der Waals surface area contributed by atoms with E-state index in [4.69, 9.17) is 34.8 Å². The molecule has 1 aliphatic carbocycles. The number of rotatable bonds is 0. The summed E-state index contributed by atoms with van der Waals surface area (Å²) in [5.74, 6) is -0.929. The molecule has 0 radical (unpaired) electrons. The van der Waals surface area contributed by atoms with E-state index in [0.29, 0.717) is 6.42 Å². The van der Waals surface area contributed by atoms with E-state index < -0.39 is 15.2 Å². The molecular weight excluding hydrogens is 213 g/mol. The van der Waals surface area contributed by atoms with Crippen molar-refractivity contribution in [2.45, 2.75) is 28.7 Å². The number of carbonyl (C=O) groups excluding carboxylic acids is 1. The maximum atomic E-state index is 13.0. The van der Waals surface area contributed by atoms with Crippen molar-refractivity contribution in [1.82, 2.24) is 0 Å². The largest absolute Gasteiger partial charge is 0.291 e. The van der Waals surface area contributed by atoms with Gasteiger partial charge < -0.3 is 0 Å². The molecule has 0 saturated heterocycles. The van der Waals surface area contributed by atoms with Crippen LogP contribution in [0.2, 0.25) is 0 Å². The van der Waals surface area contributed by atoms with Gasteiger partial charge >= 0.3 is 0 Å². The molecule has 1 saturated carbocycles. The molecule has 0 amide bonds. The van der Waals surface area contributed by atoms with Gasteiger partial charge in [0.25, 0.3) is 0 Å². The molecule has 64 valence electrons.